The molecule has 0 saturated heterocycles. The minimum atomic E-state index is 0.0221. The Labute approximate surface area is 120 Å². The maximum absolute atomic E-state index is 12.2. The molecule has 0 atom stereocenters. The van der Waals surface area contributed by atoms with Crippen LogP contribution in [-0.4, -0.2) is 18.3 Å². The molecule has 0 unspecified atom stereocenters. The molecule has 0 heterocycles. The zero-order chi connectivity index (χ0) is 13.9. The molecule has 3 heteroatoms. The molecular weight excluding hydrogens is 258 g/mol. The first-order chi connectivity index (χ1) is 9.06. The summed E-state index contributed by atoms with van der Waals surface area (Å²) in [7, 11) is 0. The van der Waals surface area contributed by atoms with Gasteiger partial charge in [-0.25, -0.2) is 0 Å². The van der Waals surface area contributed by atoms with E-state index in [1.807, 2.05) is 32.0 Å². The van der Waals surface area contributed by atoms with Crippen molar-refractivity contribution in [2.45, 2.75) is 39.5 Å². The molecule has 0 bridgehead atoms. The van der Waals surface area contributed by atoms with E-state index in [0.717, 1.165) is 24.0 Å². The van der Waals surface area contributed by atoms with Crippen molar-refractivity contribution in [3.63, 3.8) is 0 Å². The van der Waals surface area contributed by atoms with Crippen LogP contribution < -0.4 is 5.32 Å². The van der Waals surface area contributed by atoms with Crippen LogP contribution in [-0.2, 0) is 0 Å². The second kappa shape index (κ2) is 5.96. The van der Waals surface area contributed by atoms with Crippen LogP contribution in [0.25, 0.3) is 0 Å². The SMILES string of the molecule is Cc1ccc(C(=O)NCC2(CCl)CCCC2)c(C)c1. The highest BCUT2D eigenvalue weighted by atomic mass is 35.5. The Bertz CT molecular complexity index is 464. The van der Waals surface area contributed by atoms with Gasteiger partial charge in [0.15, 0.2) is 0 Å². The monoisotopic (exact) mass is 279 g/mol. The largest absolute Gasteiger partial charge is 0.351 e. The fraction of sp³-hybridized carbons (Fsp3) is 0.562. The molecule has 1 saturated carbocycles. The van der Waals surface area contributed by atoms with E-state index in [0.29, 0.717) is 12.4 Å². The number of nitrogens with one attached hydrogen (secondary N) is 1. The van der Waals surface area contributed by atoms with Gasteiger partial charge < -0.3 is 5.32 Å². The molecule has 1 aliphatic rings. The van der Waals surface area contributed by atoms with Crippen LogP contribution >= 0.6 is 11.6 Å². The fourth-order valence-electron chi connectivity index (χ4n) is 2.91. The number of carbonyl (C=O) groups is 1. The number of rotatable bonds is 4. The van der Waals surface area contributed by atoms with Gasteiger partial charge in [-0.1, -0.05) is 30.5 Å². The van der Waals surface area contributed by atoms with Gasteiger partial charge in [-0.2, -0.15) is 0 Å². The van der Waals surface area contributed by atoms with Gasteiger partial charge in [0, 0.05) is 23.4 Å². The number of carbonyl (C=O) groups excluding carboxylic acids is 1. The van der Waals surface area contributed by atoms with Gasteiger partial charge in [-0.3, -0.25) is 4.79 Å². The number of benzene rings is 1. The van der Waals surface area contributed by atoms with Crippen molar-refractivity contribution in [2.75, 3.05) is 12.4 Å². The Morgan fingerprint density at radius 1 is 1.32 bits per heavy atom. The molecule has 1 aliphatic carbocycles. The van der Waals surface area contributed by atoms with Gasteiger partial charge >= 0.3 is 0 Å². The van der Waals surface area contributed by atoms with Crippen LogP contribution in [0.2, 0.25) is 0 Å². The Hall–Kier alpha value is -1.02. The van der Waals surface area contributed by atoms with Gasteiger partial charge in [-0.15, -0.1) is 11.6 Å². The summed E-state index contributed by atoms with van der Waals surface area (Å²) in [6, 6.07) is 5.93. The summed E-state index contributed by atoms with van der Waals surface area (Å²) in [5.41, 5.74) is 3.11. The lowest BCUT2D eigenvalue weighted by molar-refractivity contribution is 0.0934. The predicted octanol–water partition coefficient (Wildman–Crippen LogP) is 3.83. The third kappa shape index (κ3) is 3.30. The highest BCUT2D eigenvalue weighted by molar-refractivity contribution is 6.18. The van der Waals surface area contributed by atoms with E-state index in [4.69, 9.17) is 11.6 Å². The summed E-state index contributed by atoms with van der Waals surface area (Å²) in [5.74, 6) is 0.661. The number of hydrogen-bond acceptors (Lipinski definition) is 1. The molecule has 1 amide bonds. The van der Waals surface area contributed by atoms with Gasteiger partial charge in [0.2, 0.25) is 0 Å². The van der Waals surface area contributed by atoms with Gasteiger partial charge in [-0.05, 0) is 38.3 Å². The summed E-state index contributed by atoms with van der Waals surface area (Å²) in [6.45, 7) is 4.72. The van der Waals surface area contributed by atoms with E-state index in [2.05, 4.69) is 5.32 Å². The predicted molar refractivity (Wildman–Crippen MR) is 79.9 cm³/mol. The minimum Gasteiger partial charge on any atom is -0.351 e. The van der Waals surface area contributed by atoms with Crippen molar-refractivity contribution >= 4 is 17.5 Å². The number of alkyl halides is 1. The number of halogens is 1. The Kier molecular flexibility index (Phi) is 4.51. The quantitative estimate of drug-likeness (QED) is 0.834. The van der Waals surface area contributed by atoms with Crippen LogP contribution in [0, 0.1) is 19.3 Å². The van der Waals surface area contributed by atoms with Crippen molar-refractivity contribution in [3.05, 3.63) is 34.9 Å². The van der Waals surface area contributed by atoms with E-state index in [-0.39, 0.29) is 11.3 Å². The molecule has 19 heavy (non-hydrogen) atoms. The van der Waals surface area contributed by atoms with Crippen molar-refractivity contribution in [1.82, 2.24) is 5.32 Å². The second-order valence-corrected chi connectivity index (χ2v) is 6.11. The molecule has 1 aromatic carbocycles. The number of amides is 1. The Balaban J connectivity index is 2.01. The van der Waals surface area contributed by atoms with Gasteiger partial charge in [0.1, 0.15) is 0 Å². The third-order valence-corrected chi connectivity index (χ3v) is 4.77. The van der Waals surface area contributed by atoms with E-state index >= 15 is 0 Å². The molecule has 0 spiro atoms. The van der Waals surface area contributed by atoms with Crippen molar-refractivity contribution in [2.24, 2.45) is 5.41 Å². The third-order valence-electron chi connectivity index (χ3n) is 4.20. The molecule has 0 aliphatic heterocycles. The first-order valence-corrected chi connectivity index (χ1v) is 7.51. The zero-order valence-corrected chi connectivity index (χ0v) is 12.5. The van der Waals surface area contributed by atoms with Crippen molar-refractivity contribution in [3.8, 4) is 0 Å². The van der Waals surface area contributed by atoms with Gasteiger partial charge in [0.25, 0.3) is 5.91 Å². The summed E-state index contributed by atoms with van der Waals surface area (Å²) in [6.07, 6.45) is 4.71. The molecule has 1 N–H and O–H groups in total. The Morgan fingerprint density at radius 3 is 2.58 bits per heavy atom. The summed E-state index contributed by atoms with van der Waals surface area (Å²) >= 11 is 6.09. The molecule has 2 nitrogen and oxygen atoms in total. The summed E-state index contributed by atoms with van der Waals surface area (Å²) in [4.78, 5) is 12.2. The topological polar surface area (TPSA) is 29.1 Å². The molecule has 0 aromatic heterocycles. The van der Waals surface area contributed by atoms with Crippen molar-refractivity contribution in [1.29, 1.82) is 0 Å². The number of hydrogen-bond donors (Lipinski definition) is 1. The fourth-order valence-corrected chi connectivity index (χ4v) is 3.28. The highest BCUT2D eigenvalue weighted by Crippen LogP contribution is 2.38. The first kappa shape index (κ1) is 14.4. The molecule has 104 valence electrons. The molecule has 2 rings (SSSR count). The van der Waals surface area contributed by atoms with Crippen LogP contribution in [0.15, 0.2) is 18.2 Å². The van der Waals surface area contributed by atoms with Crippen molar-refractivity contribution < 1.29 is 4.79 Å². The minimum absolute atomic E-state index is 0.0221. The van der Waals surface area contributed by atoms with E-state index in [1.54, 1.807) is 0 Å². The first-order valence-electron chi connectivity index (χ1n) is 6.98. The molecule has 0 radical (unpaired) electrons. The van der Waals surface area contributed by atoms with Crippen LogP contribution in [0.4, 0.5) is 0 Å². The van der Waals surface area contributed by atoms with E-state index < -0.39 is 0 Å². The summed E-state index contributed by atoms with van der Waals surface area (Å²) in [5, 5.41) is 3.07. The second-order valence-electron chi connectivity index (χ2n) is 5.84. The average Bonchev–Trinajstić information content (AvgIpc) is 2.85. The van der Waals surface area contributed by atoms with E-state index in [9.17, 15) is 4.79 Å². The van der Waals surface area contributed by atoms with Crippen LogP contribution in [0.5, 0.6) is 0 Å². The average molecular weight is 280 g/mol. The van der Waals surface area contributed by atoms with Crippen LogP contribution in [0.3, 0.4) is 0 Å². The normalized spacial score (nSPS) is 17.4. The molecule has 1 fully saturated rings. The standard InChI is InChI=1S/C16H22ClNO/c1-12-5-6-14(13(2)9-12)15(19)18-11-16(10-17)7-3-4-8-16/h5-6,9H,3-4,7-8,10-11H2,1-2H3,(H,18,19). The lowest BCUT2D eigenvalue weighted by Crippen LogP contribution is -2.37. The molecular formula is C16H22ClNO. The highest BCUT2D eigenvalue weighted by Gasteiger charge is 2.33. The summed E-state index contributed by atoms with van der Waals surface area (Å²) < 4.78 is 0. The zero-order valence-electron chi connectivity index (χ0n) is 11.8. The maximum atomic E-state index is 12.2. The van der Waals surface area contributed by atoms with E-state index in [1.165, 1.54) is 18.4 Å². The molecule has 1 aromatic rings. The van der Waals surface area contributed by atoms with Crippen LogP contribution in [0.1, 0.15) is 47.2 Å². The maximum Gasteiger partial charge on any atom is 0.251 e. The Morgan fingerprint density at radius 2 is 2.00 bits per heavy atom. The lowest BCUT2D eigenvalue weighted by atomic mass is 9.88. The lowest BCUT2D eigenvalue weighted by Gasteiger charge is -2.26. The number of aryl methyl sites for hydroxylation is 2. The smallest absolute Gasteiger partial charge is 0.251 e. The van der Waals surface area contributed by atoms with Gasteiger partial charge in [0.05, 0.1) is 0 Å².